The zero-order valence-electron chi connectivity index (χ0n) is 20.1. The minimum Gasteiger partial charge on any atom is -0.457 e. The third kappa shape index (κ3) is 3.68. The van der Waals surface area contributed by atoms with Crippen LogP contribution in [0.1, 0.15) is 54.5 Å². The lowest BCUT2D eigenvalue weighted by Crippen LogP contribution is -2.44. The summed E-state index contributed by atoms with van der Waals surface area (Å²) in [7, 11) is 0. The summed E-state index contributed by atoms with van der Waals surface area (Å²) in [6.07, 6.45) is 5.60. The molecule has 3 atom stereocenters. The van der Waals surface area contributed by atoms with Crippen LogP contribution >= 0.6 is 0 Å². The number of fused-ring (bicyclic) bond motifs is 6. The molecule has 1 aliphatic carbocycles. The van der Waals surface area contributed by atoms with E-state index in [0.717, 1.165) is 30.3 Å². The Hall–Kier alpha value is -3.63. The molecule has 2 heterocycles. The van der Waals surface area contributed by atoms with Crippen LogP contribution in [0.5, 0.6) is 11.5 Å². The molecule has 0 amide bonds. The topological polar surface area (TPSA) is 37.0 Å². The molecule has 0 bridgehead atoms. The summed E-state index contributed by atoms with van der Waals surface area (Å²) in [5, 5.41) is 7.49. The summed E-state index contributed by atoms with van der Waals surface area (Å²) in [6, 6.07) is 28.8. The number of benzene rings is 4. The highest BCUT2D eigenvalue weighted by Crippen LogP contribution is 2.47. The summed E-state index contributed by atoms with van der Waals surface area (Å²) in [5.41, 5.74) is 4.34. The molecule has 4 aromatic carbocycles. The minimum atomic E-state index is -0.260. The van der Waals surface area contributed by atoms with Crippen molar-refractivity contribution in [3.63, 3.8) is 0 Å². The zero-order valence-corrected chi connectivity index (χ0v) is 20.1. The predicted octanol–water partition coefficient (Wildman–Crippen LogP) is 8.17. The highest BCUT2D eigenvalue weighted by atomic mass is 19.1. The number of hydrogen-bond acceptors (Lipinski definition) is 2. The number of para-hydroxylation sites is 1. The van der Waals surface area contributed by atoms with Gasteiger partial charge < -0.3 is 15.0 Å². The van der Waals surface area contributed by atoms with Crippen molar-refractivity contribution in [1.82, 2.24) is 10.3 Å². The van der Waals surface area contributed by atoms with Gasteiger partial charge in [0.15, 0.2) is 5.82 Å². The van der Waals surface area contributed by atoms with Crippen molar-refractivity contribution < 1.29 is 9.13 Å². The van der Waals surface area contributed by atoms with Crippen LogP contribution in [0.4, 0.5) is 4.39 Å². The van der Waals surface area contributed by atoms with Gasteiger partial charge >= 0.3 is 0 Å². The molecule has 0 saturated heterocycles. The summed E-state index contributed by atoms with van der Waals surface area (Å²) < 4.78 is 21.6. The SMILES string of the molecule is Fc1cc(Oc2ccccc2)cc2c3c([nH]c12)C(Cc1cccc2ccccc12)NC1CCCCC31. The fraction of sp³-hybridized carbons (Fsp3) is 0.250. The molecule has 2 aliphatic rings. The van der Waals surface area contributed by atoms with Gasteiger partial charge in [-0.25, -0.2) is 4.39 Å². The largest absolute Gasteiger partial charge is 0.457 e. The first kappa shape index (κ1) is 21.6. The molecular weight excluding hydrogens is 447 g/mol. The molecule has 1 aliphatic heterocycles. The third-order valence-electron chi connectivity index (χ3n) is 8.09. The van der Waals surface area contributed by atoms with Crippen molar-refractivity contribution in [2.75, 3.05) is 0 Å². The maximum absolute atomic E-state index is 15.5. The zero-order chi connectivity index (χ0) is 24.1. The molecule has 3 nitrogen and oxygen atoms in total. The average Bonchev–Trinajstić information content (AvgIpc) is 3.30. The van der Waals surface area contributed by atoms with Crippen LogP contribution in [0.15, 0.2) is 84.9 Å². The standard InChI is InChI=1S/C32H29FN2O/c33-27-19-23(36-22-12-2-1-3-13-22)18-26-30-25-15-6-7-16-28(25)34-29(32(30)35-31(26)27)17-21-11-8-10-20-9-4-5-14-24(20)21/h1-5,8-14,18-19,25,28-29,34-35H,6-7,15-17H2. The van der Waals surface area contributed by atoms with Gasteiger partial charge in [-0.15, -0.1) is 0 Å². The molecule has 0 spiro atoms. The van der Waals surface area contributed by atoms with E-state index in [9.17, 15) is 0 Å². The Morgan fingerprint density at radius 2 is 1.61 bits per heavy atom. The molecule has 5 aromatic rings. The van der Waals surface area contributed by atoms with Crippen LogP contribution in [0, 0.1) is 5.82 Å². The highest BCUT2D eigenvalue weighted by Gasteiger charge is 2.39. The van der Waals surface area contributed by atoms with E-state index in [2.05, 4.69) is 52.8 Å². The van der Waals surface area contributed by atoms with Gasteiger partial charge in [-0.1, -0.05) is 73.5 Å². The average molecular weight is 477 g/mol. The number of aromatic nitrogens is 1. The molecule has 3 unspecified atom stereocenters. The first-order chi connectivity index (χ1) is 17.7. The van der Waals surface area contributed by atoms with Gasteiger partial charge in [-0.05, 0) is 59.4 Å². The molecule has 0 radical (unpaired) electrons. The smallest absolute Gasteiger partial charge is 0.150 e. The Balaban J connectivity index is 1.35. The quantitative estimate of drug-likeness (QED) is 0.274. The second-order valence-corrected chi connectivity index (χ2v) is 10.3. The normalized spacial score (nSPS) is 21.3. The first-order valence-electron chi connectivity index (χ1n) is 13.1. The molecular formula is C32H29FN2O. The minimum absolute atomic E-state index is 0.107. The van der Waals surface area contributed by atoms with Crippen LogP contribution < -0.4 is 10.1 Å². The highest BCUT2D eigenvalue weighted by molar-refractivity contribution is 5.88. The van der Waals surface area contributed by atoms with E-state index in [0.29, 0.717) is 29.0 Å². The maximum atomic E-state index is 15.5. The Bertz CT molecular complexity index is 1550. The molecule has 4 heteroatoms. The summed E-state index contributed by atoms with van der Waals surface area (Å²) in [4.78, 5) is 3.53. The van der Waals surface area contributed by atoms with Crippen LogP contribution in [0.2, 0.25) is 0 Å². The number of nitrogens with one attached hydrogen (secondary N) is 2. The lowest BCUT2D eigenvalue weighted by atomic mass is 9.74. The van der Waals surface area contributed by atoms with Gasteiger partial charge in [0.2, 0.25) is 0 Å². The second-order valence-electron chi connectivity index (χ2n) is 10.3. The van der Waals surface area contributed by atoms with Gasteiger partial charge in [0.05, 0.1) is 11.6 Å². The Morgan fingerprint density at radius 3 is 2.53 bits per heavy atom. The van der Waals surface area contributed by atoms with Gasteiger partial charge in [-0.2, -0.15) is 0 Å². The van der Waals surface area contributed by atoms with E-state index in [1.54, 1.807) is 0 Å². The van der Waals surface area contributed by atoms with Crippen LogP contribution in [-0.2, 0) is 6.42 Å². The van der Waals surface area contributed by atoms with E-state index in [1.165, 1.54) is 40.8 Å². The van der Waals surface area contributed by atoms with Crippen molar-refractivity contribution in [2.45, 2.75) is 50.1 Å². The molecule has 36 heavy (non-hydrogen) atoms. The van der Waals surface area contributed by atoms with E-state index in [4.69, 9.17) is 4.74 Å². The number of ether oxygens (including phenoxy) is 1. The lowest BCUT2D eigenvalue weighted by molar-refractivity contribution is 0.275. The monoisotopic (exact) mass is 476 g/mol. The van der Waals surface area contributed by atoms with Crippen LogP contribution in [0.3, 0.4) is 0 Å². The van der Waals surface area contributed by atoms with Crippen molar-refractivity contribution in [1.29, 1.82) is 0 Å². The van der Waals surface area contributed by atoms with Gasteiger partial charge in [0, 0.05) is 29.1 Å². The van der Waals surface area contributed by atoms with Crippen molar-refractivity contribution in [2.24, 2.45) is 0 Å². The Kier molecular flexibility index (Phi) is 5.28. The third-order valence-corrected chi connectivity index (χ3v) is 8.09. The van der Waals surface area contributed by atoms with E-state index in [-0.39, 0.29) is 11.9 Å². The molecule has 7 rings (SSSR count). The summed E-state index contributed by atoms with van der Waals surface area (Å²) in [6.45, 7) is 0. The van der Waals surface area contributed by atoms with Crippen molar-refractivity contribution in [3.05, 3.63) is 108 Å². The van der Waals surface area contributed by atoms with E-state index in [1.807, 2.05) is 36.4 Å². The fourth-order valence-electron chi connectivity index (χ4n) is 6.50. The van der Waals surface area contributed by atoms with Gasteiger partial charge in [0.1, 0.15) is 11.5 Å². The lowest BCUT2D eigenvalue weighted by Gasteiger charge is -2.41. The number of halogens is 1. The number of aromatic amines is 1. The second kappa shape index (κ2) is 8.79. The van der Waals surface area contributed by atoms with Crippen LogP contribution in [-0.4, -0.2) is 11.0 Å². The molecule has 180 valence electrons. The van der Waals surface area contributed by atoms with Crippen molar-refractivity contribution >= 4 is 21.7 Å². The maximum Gasteiger partial charge on any atom is 0.150 e. The first-order valence-corrected chi connectivity index (χ1v) is 13.1. The molecule has 1 aromatic heterocycles. The van der Waals surface area contributed by atoms with E-state index < -0.39 is 0 Å². The van der Waals surface area contributed by atoms with Gasteiger partial charge in [-0.3, -0.25) is 0 Å². The van der Waals surface area contributed by atoms with Gasteiger partial charge in [0.25, 0.3) is 0 Å². The van der Waals surface area contributed by atoms with E-state index >= 15 is 4.39 Å². The number of rotatable bonds is 4. The fourth-order valence-corrected chi connectivity index (χ4v) is 6.50. The summed E-state index contributed by atoms with van der Waals surface area (Å²) >= 11 is 0. The molecule has 2 N–H and O–H groups in total. The Labute approximate surface area is 210 Å². The number of hydrogen-bond donors (Lipinski definition) is 2. The predicted molar refractivity (Wildman–Crippen MR) is 143 cm³/mol. The van der Waals surface area contributed by atoms with Crippen molar-refractivity contribution in [3.8, 4) is 11.5 Å². The molecule has 1 fully saturated rings. The molecule has 1 saturated carbocycles. The number of H-pyrrole nitrogens is 1. The van der Waals surface area contributed by atoms with Crippen LogP contribution in [0.25, 0.3) is 21.7 Å². The Morgan fingerprint density at radius 1 is 0.806 bits per heavy atom. The summed E-state index contributed by atoms with van der Waals surface area (Å²) in [5.74, 6) is 1.39.